The largest absolute Gasteiger partial charge is 0.339 e. The first-order valence-corrected chi connectivity index (χ1v) is 10.3. The van der Waals surface area contributed by atoms with Gasteiger partial charge in [0.25, 0.3) is 11.5 Å². The molecule has 0 atom stereocenters. The number of carbonyl (C=O) groups is 1. The lowest BCUT2D eigenvalue weighted by molar-refractivity contribution is 0.0724. The molecule has 0 aliphatic carbocycles. The highest BCUT2D eigenvalue weighted by Crippen LogP contribution is 2.17. The van der Waals surface area contributed by atoms with Crippen LogP contribution in [0.4, 0.5) is 5.69 Å². The van der Waals surface area contributed by atoms with Crippen molar-refractivity contribution in [2.24, 2.45) is 4.99 Å². The molecule has 0 saturated carbocycles. The van der Waals surface area contributed by atoms with E-state index in [9.17, 15) is 9.59 Å². The molecule has 1 aliphatic heterocycles. The maximum absolute atomic E-state index is 12.8. The van der Waals surface area contributed by atoms with E-state index >= 15 is 0 Å². The zero-order valence-electron chi connectivity index (χ0n) is 17.4. The Morgan fingerprint density at radius 2 is 1.63 bits per heavy atom. The van der Waals surface area contributed by atoms with E-state index < -0.39 is 0 Å². The molecule has 1 amide bonds. The van der Waals surface area contributed by atoms with Crippen LogP contribution in [0.2, 0.25) is 0 Å². The maximum atomic E-state index is 12.8. The fourth-order valence-corrected chi connectivity index (χ4v) is 3.70. The van der Waals surface area contributed by atoms with Gasteiger partial charge in [-0.3, -0.25) is 19.7 Å². The molecule has 1 N–H and O–H groups in total. The Morgan fingerprint density at radius 3 is 2.30 bits per heavy atom. The first-order valence-electron chi connectivity index (χ1n) is 10.3. The van der Waals surface area contributed by atoms with Crippen LogP contribution < -0.4 is 5.56 Å². The summed E-state index contributed by atoms with van der Waals surface area (Å²) in [6, 6.07) is 15.0. The summed E-state index contributed by atoms with van der Waals surface area (Å²) in [5.74, 6) is 0.0766. The number of aryl methyl sites for hydroxylation is 2. The summed E-state index contributed by atoms with van der Waals surface area (Å²) in [6.45, 7) is 5.53. The third-order valence-corrected chi connectivity index (χ3v) is 5.51. The van der Waals surface area contributed by atoms with E-state index in [-0.39, 0.29) is 11.5 Å². The molecule has 1 aliphatic rings. The number of hydrogen-bond acceptors (Lipinski definition) is 3. The average Bonchev–Trinajstić information content (AvgIpc) is 3.06. The molecule has 0 bridgehead atoms. The normalized spacial score (nSPS) is 14.4. The molecule has 30 heavy (non-hydrogen) atoms. The molecule has 154 valence electrons. The Balaban J connectivity index is 1.52. The highest BCUT2D eigenvalue weighted by molar-refractivity contribution is 5.94. The van der Waals surface area contributed by atoms with Crippen LogP contribution >= 0.6 is 0 Å². The second kappa shape index (κ2) is 8.53. The van der Waals surface area contributed by atoms with Gasteiger partial charge < -0.3 is 4.90 Å². The predicted molar refractivity (Wildman–Crippen MR) is 119 cm³/mol. The van der Waals surface area contributed by atoms with Gasteiger partial charge in [0.05, 0.1) is 16.9 Å². The number of nitrogens with one attached hydrogen (secondary N) is 1. The number of likely N-dealkylation sites (tertiary alicyclic amines) is 1. The minimum Gasteiger partial charge on any atom is -0.339 e. The van der Waals surface area contributed by atoms with Crippen LogP contribution in [0.25, 0.3) is 5.69 Å². The number of nitrogens with zero attached hydrogens (tertiary/aromatic N) is 3. The van der Waals surface area contributed by atoms with Crippen molar-refractivity contribution < 1.29 is 4.79 Å². The molecule has 1 saturated heterocycles. The van der Waals surface area contributed by atoms with Crippen molar-refractivity contribution in [3.63, 3.8) is 0 Å². The van der Waals surface area contributed by atoms with Gasteiger partial charge in [0.15, 0.2) is 0 Å². The molecule has 0 radical (unpaired) electrons. The molecule has 1 aromatic heterocycles. The summed E-state index contributed by atoms with van der Waals surface area (Å²) in [7, 11) is 0. The smallest absolute Gasteiger partial charge is 0.280 e. The van der Waals surface area contributed by atoms with Crippen LogP contribution in [-0.2, 0) is 0 Å². The van der Waals surface area contributed by atoms with Crippen LogP contribution in [0.1, 0.15) is 46.4 Å². The Kier molecular flexibility index (Phi) is 5.65. The Morgan fingerprint density at radius 1 is 0.967 bits per heavy atom. The lowest BCUT2D eigenvalue weighted by Gasteiger charge is -2.26. The third-order valence-electron chi connectivity index (χ3n) is 5.51. The number of piperidine rings is 1. The van der Waals surface area contributed by atoms with Gasteiger partial charge in [0.2, 0.25) is 0 Å². The number of benzene rings is 2. The van der Waals surface area contributed by atoms with Gasteiger partial charge in [0.1, 0.15) is 0 Å². The molecule has 2 aromatic carbocycles. The van der Waals surface area contributed by atoms with E-state index in [0.29, 0.717) is 16.8 Å². The zero-order chi connectivity index (χ0) is 21.1. The van der Waals surface area contributed by atoms with Gasteiger partial charge in [-0.1, -0.05) is 17.7 Å². The molecular formula is C24H26N4O2. The fourth-order valence-electron chi connectivity index (χ4n) is 3.70. The Labute approximate surface area is 175 Å². The van der Waals surface area contributed by atoms with Gasteiger partial charge in [-0.25, -0.2) is 4.68 Å². The number of aliphatic imine (C=N–C) groups is 1. The van der Waals surface area contributed by atoms with Crippen LogP contribution in [0.5, 0.6) is 0 Å². The molecule has 6 heteroatoms. The summed E-state index contributed by atoms with van der Waals surface area (Å²) in [5, 5.41) is 3.11. The number of H-pyrrole nitrogens is 1. The number of rotatable bonds is 4. The molecule has 0 spiro atoms. The summed E-state index contributed by atoms with van der Waals surface area (Å²) < 4.78 is 1.52. The lowest BCUT2D eigenvalue weighted by atomic mass is 10.1. The highest BCUT2D eigenvalue weighted by Gasteiger charge is 2.17. The third kappa shape index (κ3) is 4.13. The predicted octanol–water partition coefficient (Wildman–Crippen LogP) is 4.16. The lowest BCUT2D eigenvalue weighted by Crippen LogP contribution is -2.35. The van der Waals surface area contributed by atoms with E-state index in [1.807, 2.05) is 55.1 Å². The van der Waals surface area contributed by atoms with Crippen molar-refractivity contribution in [3.05, 3.63) is 81.3 Å². The molecule has 4 rings (SSSR count). The molecule has 1 fully saturated rings. The molecule has 2 heterocycles. The van der Waals surface area contributed by atoms with E-state index in [0.717, 1.165) is 42.9 Å². The van der Waals surface area contributed by atoms with Crippen molar-refractivity contribution in [3.8, 4) is 5.69 Å². The summed E-state index contributed by atoms with van der Waals surface area (Å²) in [4.78, 5) is 31.7. The van der Waals surface area contributed by atoms with E-state index in [1.165, 1.54) is 11.1 Å². The minimum absolute atomic E-state index is 0.0766. The van der Waals surface area contributed by atoms with Crippen LogP contribution in [0.15, 0.2) is 58.3 Å². The standard InChI is InChI=1S/C24H26N4O2/c1-17-6-12-21(13-7-17)28-24(30)22(18(2)26-28)16-25-20-10-8-19(9-11-20)23(29)27-14-4-3-5-15-27/h6-13,16,26H,3-5,14-15H2,1-2H3. The first-order chi connectivity index (χ1) is 14.5. The number of aromatic nitrogens is 2. The zero-order valence-corrected chi connectivity index (χ0v) is 17.4. The number of aromatic amines is 1. The van der Waals surface area contributed by atoms with E-state index in [4.69, 9.17) is 0 Å². The number of amides is 1. The first kappa shape index (κ1) is 19.9. The van der Waals surface area contributed by atoms with Gasteiger partial charge >= 0.3 is 0 Å². The highest BCUT2D eigenvalue weighted by atomic mass is 16.2. The van der Waals surface area contributed by atoms with E-state index in [1.54, 1.807) is 18.3 Å². The number of hydrogen-bond donors (Lipinski definition) is 1. The molecule has 3 aromatic rings. The fraction of sp³-hybridized carbons (Fsp3) is 0.292. The van der Waals surface area contributed by atoms with Crippen LogP contribution in [0, 0.1) is 13.8 Å². The molecular weight excluding hydrogens is 376 g/mol. The van der Waals surface area contributed by atoms with Crippen molar-refractivity contribution in [1.29, 1.82) is 0 Å². The van der Waals surface area contributed by atoms with Crippen LogP contribution in [-0.4, -0.2) is 39.9 Å². The Hall–Kier alpha value is -3.41. The maximum Gasteiger partial charge on any atom is 0.280 e. The Bertz CT molecular complexity index is 1120. The van der Waals surface area contributed by atoms with Crippen LogP contribution in [0.3, 0.4) is 0 Å². The van der Waals surface area contributed by atoms with Crippen molar-refractivity contribution in [1.82, 2.24) is 14.7 Å². The topological polar surface area (TPSA) is 70.5 Å². The van der Waals surface area contributed by atoms with Gasteiger partial charge in [-0.05, 0) is 69.5 Å². The monoisotopic (exact) mass is 402 g/mol. The van der Waals surface area contributed by atoms with Crippen molar-refractivity contribution in [2.75, 3.05) is 13.1 Å². The molecule has 6 nitrogen and oxygen atoms in total. The SMILES string of the molecule is Cc1ccc(-n2[nH]c(C)c(C=Nc3ccc(C(=O)N4CCCCC4)cc3)c2=O)cc1. The second-order valence-electron chi connectivity index (χ2n) is 7.78. The summed E-state index contributed by atoms with van der Waals surface area (Å²) in [6.07, 6.45) is 4.93. The van der Waals surface area contributed by atoms with Gasteiger partial charge in [-0.15, -0.1) is 0 Å². The van der Waals surface area contributed by atoms with Gasteiger partial charge in [-0.2, -0.15) is 0 Å². The van der Waals surface area contributed by atoms with Crippen molar-refractivity contribution in [2.45, 2.75) is 33.1 Å². The van der Waals surface area contributed by atoms with E-state index in [2.05, 4.69) is 10.1 Å². The quantitative estimate of drug-likeness (QED) is 0.666. The summed E-state index contributed by atoms with van der Waals surface area (Å²) >= 11 is 0. The van der Waals surface area contributed by atoms with Crippen molar-refractivity contribution >= 4 is 17.8 Å². The minimum atomic E-state index is -0.142. The summed E-state index contributed by atoms with van der Waals surface area (Å²) in [5.41, 5.74) is 4.43. The molecule has 0 unspecified atom stereocenters. The number of carbonyl (C=O) groups excluding carboxylic acids is 1. The van der Waals surface area contributed by atoms with Gasteiger partial charge in [0, 0.05) is 30.6 Å². The average molecular weight is 402 g/mol. The second-order valence-corrected chi connectivity index (χ2v) is 7.78.